The maximum atomic E-state index is 11.9. The van der Waals surface area contributed by atoms with E-state index >= 15 is 0 Å². The van der Waals surface area contributed by atoms with E-state index < -0.39 is 0 Å². The first-order valence-electron chi connectivity index (χ1n) is 7.16. The lowest BCUT2D eigenvalue weighted by molar-refractivity contribution is -0.128. The van der Waals surface area contributed by atoms with E-state index in [1.807, 2.05) is 19.1 Å². The first-order valence-corrected chi connectivity index (χ1v) is 7.16. The predicted molar refractivity (Wildman–Crippen MR) is 77.2 cm³/mol. The molecule has 2 rings (SSSR count). The first-order chi connectivity index (χ1) is 9.65. The van der Waals surface area contributed by atoms with Gasteiger partial charge >= 0.3 is 0 Å². The molecule has 1 aliphatic carbocycles. The van der Waals surface area contributed by atoms with Gasteiger partial charge in [-0.2, -0.15) is 0 Å². The second-order valence-corrected chi connectivity index (χ2v) is 5.27. The average Bonchev–Trinajstić information content (AvgIpc) is 2.46. The van der Waals surface area contributed by atoms with Gasteiger partial charge in [-0.25, -0.2) is 4.98 Å². The van der Waals surface area contributed by atoms with E-state index in [2.05, 4.69) is 15.6 Å². The van der Waals surface area contributed by atoms with Crippen LogP contribution in [-0.4, -0.2) is 23.3 Å². The van der Waals surface area contributed by atoms with Gasteiger partial charge in [0.25, 0.3) is 0 Å². The Morgan fingerprint density at radius 1 is 1.25 bits per heavy atom. The summed E-state index contributed by atoms with van der Waals surface area (Å²) < 4.78 is 0. The van der Waals surface area contributed by atoms with Gasteiger partial charge in [0.05, 0.1) is 6.54 Å². The molecule has 108 valence electrons. The molecule has 1 saturated carbocycles. The number of aromatic nitrogens is 1. The summed E-state index contributed by atoms with van der Waals surface area (Å²) in [6, 6.07) is 5.42. The average molecular weight is 275 g/mol. The lowest BCUT2D eigenvalue weighted by Crippen LogP contribution is -2.37. The SMILES string of the molecule is Cc1cccc(NC(=O)CNC(=O)C2CCCCC2)n1. The molecule has 2 N–H and O–H groups in total. The molecule has 1 heterocycles. The van der Waals surface area contributed by atoms with E-state index in [1.54, 1.807) is 6.07 Å². The number of pyridine rings is 1. The van der Waals surface area contributed by atoms with Crippen LogP contribution in [0.1, 0.15) is 37.8 Å². The molecule has 0 saturated heterocycles. The van der Waals surface area contributed by atoms with Crippen LogP contribution in [0, 0.1) is 12.8 Å². The fraction of sp³-hybridized carbons (Fsp3) is 0.533. The minimum atomic E-state index is -0.243. The lowest BCUT2D eigenvalue weighted by Gasteiger charge is -2.20. The van der Waals surface area contributed by atoms with E-state index in [1.165, 1.54) is 6.42 Å². The molecule has 0 radical (unpaired) electrons. The zero-order chi connectivity index (χ0) is 14.4. The quantitative estimate of drug-likeness (QED) is 0.883. The Bertz CT molecular complexity index is 482. The van der Waals surface area contributed by atoms with E-state index in [-0.39, 0.29) is 24.3 Å². The van der Waals surface area contributed by atoms with Crippen LogP contribution in [0.5, 0.6) is 0 Å². The minimum absolute atomic E-state index is 0.00273. The van der Waals surface area contributed by atoms with Crippen LogP contribution in [0.2, 0.25) is 0 Å². The molecule has 0 unspecified atom stereocenters. The van der Waals surface area contributed by atoms with Gasteiger partial charge < -0.3 is 10.6 Å². The van der Waals surface area contributed by atoms with Crippen molar-refractivity contribution in [3.8, 4) is 0 Å². The summed E-state index contributed by atoms with van der Waals surface area (Å²) in [6.45, 7) is 1.87. The number of nitrogens with one attached hydrogen (secondary N) is 2. The monoisotopic (exact) mass is 275 g/mol. The van der Waals surface area contributed by atoms with Crippen molar-refractivity contribution in [2.24, 2.45) is 5.92 Å². The summed E-state index contributed by atoms with van der Waals surface area (Å²) in [7, 11) is 0. The number of rotatable bonds is 4. The molecular weight excluding hydrogens is 254 g/mol. The highest BCUT2D eigenvalue weighted by Gasteiger charge is 2.21. The van der Waals surface area contributed by atoms with Crippen LogP contribution >= 0.6 is 0 Å². The lowest BCUT2D eigenvalue weighted by atomic mass is 9.89. The molecule has 5 nitrogen and oxygen atoms in total. The topological polar surface area (TPSA) is 71.1 Å². The van der Waals surface area contributed by atoms with Crippen LogP contribution in [0.25, 0.3) is 0 Å². The summed E-state index contributed by atoms with van der Waals surface area (Å²) in [5, 5.41) is 5.38. The van der Waals surface area contributed by atoms with E-state index in [0.717, 1.165) is 31.4 Å². The van der Waals surface area contributed by atoms with Crippen molar-refractivity contribution in [1.29, 1.82) is 0 Å². The number of carbonyl (C=O) groups is 2. The van der Waals surface area contributed by atoms with Gasteiger partial charge in [0.1, 0.15) is 5.82 Å². The molecule has 0 spiro atoms. The maximum Gasteiger partial charge on any atom is 0.244 e. The Kier molecular flexibility index (Phi) is 5.09. The van der Waals surface area contributed by atoms with Crippen molar-refractivity contribution in [3.05, 3.63) is 23.9 Å². The number of hydrogen-bond donors (Lipinski definition) is 2. The van der Waals surface area contributed by atoms with Crippen LogP contribution < -0.4 is 10.6 Å². The highest BCUT2D eigenvalue weighted by molar-refractivity contribution is 5.94. The second-order valence-electron chi connectivity index (χ2n) is 5.27. The molecule has 5 heteroatoms. The van der Waals surface area contributed by atoms with E-state index in [0.29, 0.717) is 5.82 Å². The summed E-state index contributed by atoms with van der Waals surface area (Å²) in [5.74, 6) is 0.347. The second kappa shape index (κ2) is 7.03. The predicted octanol–water partition coefficient (Wildman–Crippen LogP) is 2.03. The zero-order valence-electron chi connectivity index (χ0n) is 11.8. The number of nitrogens with zero attached hydrogens (tertiary/aromatic N) is 1. The van der Waals surface area contributed by atoms with Gasteiger partial charge in [0.15, 0.2) is 0 Å². The van der Waals surface area contributed by atoms with Gasteiger partial charge in [-0.05, 0) is 31.9 Å². The summed E-state index contributed by atoms with van der Waals surface area (Å²) >= 11 is 0. The summed E-state index contributed by atoms with van der Waals surface area (Å²) in [5.41, 5.74) is 0.842. The largest absolute Gasteiger partial charge is 0.347 e. The van der Waals surface area contributed by atoms with Crippen molar-refractivity contribution in [1.82, 2.24) is 10.3 Å². The van der Waals surface area contributed by atoms with Gasteiger partial charge in [-0.1, -0.05) is 25.3 Å². The Hall–Kier alpha value is -1.91. The Morgan fingerprint density at radius 3 is 2.70 bits per heavy atom. The molecule has 1 aliphatic rings. The molecule has 2 amide bonds. The number of amides is 2. The van der Waals surface area contributed by atoms with Crippen molar-refractivity contribution in [2.75, 3.05) is 11.9 Å². The zero-order valence-corrected chi connectivity index (χ0v) is 11.8. The molecular formula is C15H21N3O2. The van der Waals surface area contributed by atoms with Crippen LogP contribution in [0.15, 0.2) is 18.2 Å². The smallest absolute Gasteiger partial charge is 0.244 e. The van der Waals surface area contributed by atoms with Crippen LogP contribution in [0.3, 0.4) is 0 Å². The van der Waals surface area contributed by atoms with Crippen molar-refractivity contribution in [3.63, 3.8) is 0 Å². The fourth-order valence-corrected chi connectivity index (χ4v) is 2.48. The maximum absolute atomic E-state index is 11.9. The summed E-state index contributed by atoms with van der Waals surface area (Å²) in [4.78, 5) is 27.8. The van der Waals surface area contributed by atoms with Gasteiger partial charge in [-0.15, -0.1) is 0 Å². The van der Waals surface area contributed by atoms with Crippen molar-refractivity contribution >= 4 is 17.6 Å². The normalized spacial score (nSPS) is 15.7. The molecule has 0 aromatic carbocycles. The third kappa shape index (κ3) is 4.33. The minimum Gasteiger partial charge on any atom is -0.347 e. The highest BCUT2D eigenvalue weighted by atomic mass is 16.2. The van der Waals surface area contributed by atoms with Gasteiger partial charge in [-0.3, -0.25) is 9.59 Å². The van der Waals surface area contributed by atoms with Crippen LogP contribution in [0.4, 0.5) is 5.82 Å². The van der Waals surface area contributed by atoms with Crippen molar-refractivity contribution < 1.29 is 9.59 Å². The summed E-state index contributed by atoms with van der Waals surface area (Å²) in [6.07, 6.45) is 5.30. The Labute approximate surface area is 119 Å². The number of hydrogen-bond acceptors (Lipinski definition) is 3. The number of anilines is 1. The Balaban J connectivity index is 1.75. The molecule has 0 atom stereocenters. The molecule has 0 bridgehead atoms. The van der Waals surface area contributed by atoms with E-state index in [4.69, 9.17) is 0 Å². The first kappa shape index (κ1) is 14.5. The third-order valence-corrected chi connectivity index (χ3v) is 3.55. The van der Waals surface area contributed by atoms with Gasteiger partial charge in [0, 0.05) is 11.6 Å². The molecule has 1 fully saturated rings. The Morgan fingerprint density at radius 2 is 2.00 bits per heavy atom. The molecule has 0 aliphatic heterocycles. The third-order valence-electron chi connectivity index (χ3n) is 3.55. The van der Waals surface area contributed by atoms with E-state index in [9.17, 15) is 9.59 Å². The fourth-order valence-electron chi connectivity index (χ4n) is 2.48. The van der Waals surface area contributed by atoms with Gasteiger partial charge in [0.2, 0.25) is 11.8 Å². The number of aryl methyl sites for hydroxylation is 1. The molecule has 1 aromatic rings. The molecule has 1 aromatic heterocycles. The standard InChI is InChI=1S/C15H21N3O2/c1-11-6-5-9-13(17-11)18-14(19)10-16-15(20)12-7-3-2-4-8-12/h5-6,9,12H,2-4,7-8,10H2,1H3,(H,16,20)(H,17,18,19). The molecule has 20 heavy (non-hydrogen) atoms. The van der Waals surface area contributed by atoms with Crippen molar-refractivity contribution in [2.45, 2.75) is 39.0 Å². The number of carbonyl (C=O) groups excluding carboxylic acids is 2. The highest BCUT2D eigenvalue weighted by Crippen LogP contribution is 2.23. The van der Waals surface area contributed by atoms with Crippen LogP contribution in [-0.2, 0) is 9.59 Å².